The second-order valence-corrected chi connectivity index (χ2v) is 6.90. The van der Waals surface area contributed by atoms with Gasteiger partial charge in [-0.3, -0.25) is 4.79 Å². The molecule has 0 aliphatic carbocycles. The summed E-state index contributed by atoms with van der Waals surface area (Å²) in [7, 11) is 1.32. The van der Waals surface area contributed by atoms with Crippen LogP contribution in [0, 0.1) is 0 Å². The van der Waals surface area contributed by atoms with Gasteiger partial charge in [-0.05, 0) is 33.7 Å². The van der Waals surface area contributed by atoms with Crippen LogP contribution in [0.1, 0.15) is 26.6 Å². The molecule has 0 amide bonds. The molecule has 0 unspecified atom stereocenters. The van der Waals surface area contributed by atoms with Gasteiger partial charge in [0.05, 0.1) is 7.11 Å². The van der Waals surface area contributed by atoms with Gasteiger partial charge >= 0.3 is 5.97 Å². The van der Waals surface area contributed by atoms with Crippen LogP contribution in [-0.2, 0) is 21.5 Å². The van der Waals surface area contributed by atoms with Crippen LogP contribution in [0.3, 0.4) is 0 Å². The van der Waals surface area contributed by atoms with Gasteiger partial charge in [0.25, 0.3) is 0 Å². The average Bonchev–Trinajstić information content (AvgIpc) is 2.99. The molecule has 0 atom stereocenters. The van der Waals surface area contributed by atoms with Gasteiger partial charge in [0, 0.05) is 5.41 Å². The number of hydrogen-bond acceptors (Lipinski definition) is 9. The van der Waals surface area contributed by atoms with E-state index in [2.05, 4.69) is 29.6 Å². The van der Waals surface area contributed by atoms with E-state index in [-0.39, 0.29) is 12.0 Å². The normalized spacial score (nSPS) is 11.6. The first-order valence-corrected chi connectivity index (χ1v) is 7.34. The predicted molar refractivity (Wildman–Crippen MR) is 72.6 cm³/mol. The summed E-state index contributed by atoms with van der Waals surface area (Å²) >= 11 is 2.56. The molecule has 0 aliphatic rings. The quantitative estimate of drug-likeness (QED) is 0.775. The Labute approximate surface area is 124 Å². The van der Waals surface area contributed by atoms with Gasteiger partial charge in [0.15, 0.2) is 4.34 Å². The zero-order chi connectivity index (χ0) is 14.8. The van der Waals surface area contributed by atoms with Crippen LogP contribution in [0.4, 0.5) is 0 Å². The Morgan fingerprint density at radius 2 is 2.20 bits per heavy atom. The van der Waals surface area contributed by atoms with Crippen LogP contribution in [0.15, 0.2) is 9.50 Å². The highest BCUT2D eigenvalue weighted by Gasteiger charge is 2.21. The molecule has 20 heavy (non-hydrogen) atoms. The highest BCUT2D eigenvalue weighted by Crippen LogP contribution is 2.30. The molecule has 0 saturated heterocycles. The van der Waals surface area contributed by atoms with Gasteiger partial charge in [-0.25, -0.2) is 9.67 Å². The number of esters is 1. The first-order valence-electron chi connectivity index (χ1n) is 5.75. The van der Waals surface area contributed by atoms with Gasteiger partial charge in [0.2, 0.25) is 5.16 Å². The molecule has 108 valence electrons. The molecular formula is C10H14N6O2S2. The van der Waals surface area contributed by atoms with Crippen molar-refractivity contribution in [1.29, 1.82) is 0 Å². The highest BCUT2D eigenvalue weighted by atomic mass is 32.2. The second-order valence-electron chi connectivity index (χ2n) is 4.93. The van der Waals surface area contributed by atoms with Crippen molar-refractivity contribution in [1.82, 2.24) is 29.6 Å². The summed E-state index contributed by atoms with van der Waals surface area (Å²) in [4.78, 5) is 15.7. The molecule has 0 saturated carbocycles. The van der Waals surface area contributed by atoms with Gasteiger partial charge in [0.1, 0.15) is 12.4 Å². The van der Waals surface area contributed by atoms with Crippen LogP contribution in [0.2, 0.25) is 0 Å². The maximum Gasteiger partial charge on any atom is 0.327 e. The zero-order valence-electron chi connectivity index (χ0n) is 11.5. The number of methoxy groups -OCH3 is 1. The fourth-order valence-corrected chi connectivity index (χ4v) is 2.85. The lowest BCUT2D eigenvalue weighted by Gasteiger charge is -2.11. The van der Waals surface area contributed by atoms with E-state index in [1.165, 1.54) is 35.1 Å². The third kappa shape index (κ3) is 3.51. The second kappa shape index (κ2) is 5.83. The van der Waals surface area contributed by atoms with E-state index in [0.29, 0.717) is 5.16 Å². The highest BCUT2D eigenvalue weighted by molar-refractivity contribution is 8.00. The Kier molecular flexibility index (Phi) is 4.33. The van der Waals surface area contributed by atoms with Crippen LogP contribution < -0.4 is 0 Å². The fraction of sp³-hybridized carbons (Fsp3) is 0.600. The zero-order valence-corrected chi connectivity index (χ0v) is 13.2. The van der Waals surface area contributed by atoms with Crippen LogP contribution in [-0.4, -0.2) is 42.6 Å². The van der Waals surface area contributed by atoms with Crippen molar-refractivity contribution in [2.75, 3.05) is 7.11 Å². The van der Waals surface area contributed by atoms with Crippen molar-refractivity contribution in [3.63, 3.8) is 0 Å². The Balaban J connectivity index is 2.13. The first-order chi connectivity index (χ1) is 9.40. The molecule has 0 bridgehead atoms. The summed E-state index contributed by atoms with van der Waals surface area (Å²) in [6.07, 6.45) is 0. The largest absolute Gasteiger partial charge is 0.468 e. The minimum atomic E-state index is -0.410. The summed E-state index contributed by atoms with van der Waals surface area (Å²) in [5.41, 5.74) is -0.104. The summed E-state index contributed by atoms with van der Waals surface area (Å²) < 4.78 is 11.0. The van der Waals surface area contributed by atoms with Crippen LogP contribution in [0.25, 0.3) is 0 Å². The maximum absolute atomic E-state index is 11.2. The molecule has 2 aromatic heterocycles. The minimum Gasteiger partial charge on any atom is -0.468 e. The summed E-state index contributed by atoms with van der Waals surface area (Å²) in [5.74, 6) is 0.365. The SMILES string of the molecule is COC(=O)Cn1nnnc1Sc1nc(C(C)(C)C)ns1. The smallest absolute Gasteiger partial charge is 0.327 e. The number of carbonyl (C=O) groups excluding carboxylic acids is 1. The standard InChI is InChI=1S/C10H14N6O2S2/c1-10(2,3)7-11-9(20-13-7)19-8-12-14-15-16(8)5-6(17)18-4/h5H2,1-4H3. The van der Waals surface area contributed by atoms with E-state index in [4.69, 9.17) is 0 Å². The summed E-state index contributed by atoms with van der Waals surface area (Å²) in [5, 5.41) is 11.6. The number of carbonyl (C=O) groups is 1. The average molecular weight is 314 g/mol. The van der Waals surface area contributed by atoms with Gasteiger partial charge in [-0.1, -0.05) is 20.8 Å². The van der Waals surface area contributed by atoms with E-state index in [1.807, 2.05) is 20.8 Å². The Hall–Kier alpha value is -1.55. The fourth-order valence-electron chi connectivity index (χ4n) is 1.19. The molecule has 2 heterocycles. The van der Waals surface area contributed by atoms with E-state index in [0.717, 1.165) is 10.2 Å². The Morgan fingerprint density at radius 1 is 1.45 bits per heavy atom. The summed E-state index contributed by atoms with van der Waals surface area (Å²) in [6.45, 7) is 6.11. The molecule has 0 aromatic carbocycles. The number of tetrazole rings is 1. The molecule has 8 nitrogen and oxygen atoms in total. The molecule has 0 fully saturated rings. The van der Waals surface area contributed by atoms with E-state index >= 15 is 0 Å². The van der Waals surface area contributed by atoms with Crippen LogP contribution >= 0.6 is 23.3 Å². The number of rotatable bonds is 4. The Morgan fingerprint density at radius 3 is 2.80 bits per heavy atom. The van der Waals surface area contributed by atoms with Crippen molar-refractivity contribution in [3.05, 3.63) is 5.82 Å². The lowest BCUT2D eigenvalue weighted by atomic mass is 9.96. The molecule has 10 heteroatoms. The van der Waals surface area contributed by atoms with Crippen molar-refractivity contribution < 1.29 is 9.53 Å². The van der Waals surface area contributed by atoms with Crippen molar-refractivity contribution in [3.8, 4) is 0 Å². The Bertz CT molecular complexity index is 603. The topological polar surface area (TPSA) is 95.7 Å². The number of hydrogen-bond donors (Lipinski definition) is 0. The van der Waals surface area contributed by atoms with Crippen molar-refractivity contribution >= 4 is 29.3 Å². The van der Waals surface area contributed by atoms with E-state index in [1.54, 1.807) is 0 Å². The van der Waals surface area contributed by atoms with E-state index < -0.39 is 5.97 Å². The van der Waals surface area contributed by atoms with E-state index in [9.17, 15) is 4.79 Å². The molecule has 2 aromatic rings. The molecule has 0 radical (unpaired) electrons. The lowest BCUT2D eigenvalue weighted by molar-refractivity contribution is -0.141. The first kappa shape index (κ1) is 14.9. The van der Waals surface area contributed by atoms with Crippen molar-refractivity contribution in [2.45, 2.75) is 42.2 Å². The predicted octanol–water partition coefficient (Wildman–Crippen LogP) is 1.15. The van der Waals surface area contributed by atoms with Crippen molar-refractivity contribution in [2.24, 2.45) is 0 Å². The molecule has 2 rings (SSSR count). The summed E-state index contributed by atoms with van der Waals surface area (Å²) in [6, 6.07) is 0. The third-order valence-electron chi connectivity index (χ3n) is 2.26. The number of aromatic nitrogens is 6. The lowest BCUT2D eigenvalue weighted by Crippen LogP contribution is -2.14. The molecular weight excluding hydrogens is 300 g/mol. The molecule has 0 spiro atoms. The van der Waals surface area contributed by atoms with Gasteiger partial charge < -0.3 is 4.74 Å². The third-order valence-corrected chi connectivity index (χ3v) is 3.99. The van der Waals surface area contributed by atoms with Gasteiger partial charge in [-0.15, -0.1) is 5.10 Å². The molecule has 0 N–H and O–H groups in total. The molecule has 0 aliphatic heterocycles. The van der Waals surface area contributed by atoms with Gasteiger partial charge in [-0.2, -0.15) is 4.37 Å². The van der Waals surface area contributed by atoms with Crippen LogP contribution in [0.5, 0.6) is 0 Å². The maximum atomic E-state index is 11.2. The number of nitrogens with zero attached hydrogens (tertiary/aromatic N) is 6. The minimum absolute atomic E-state index is 0.0310. The number of ether oxygens (including phenoxy) is 1. The monoisotopic (exact) mass is 314 g/mol.